The van der Waals surface area contributed by atoms with E-state index in [4.69, 9.17) is 4.42 Å². The van der Waals surface area contributed by atoms with Crippen LogP contribution < -0.4 is 14.9 Å². The molecular formula is C19H18N4O6S2. The molecule has 1 aliphatic rings. The number of aromatic nitrogens is 1. The second-order valence-electron chi connectivity index (χ2n) is 6.74. The van der Waals surface area contributed by atoms with Crippen LogP contribution in [-0.4, -0.2) is 42.6 Å². The number of benzene rings is 1. The fraction of sp³-hybridized carbons (Fsp3) is 0.211. The van der Waals surface area contributed by atoms with Gasteiger partial charge in [0.05, 0.1) is 35.5 Å². The second-order valence-corrected chi connectivity index (χ2v) is 9.61. The summed E-state index contributed by atoms with van der Waals surface area (Å²) < 4.78 is 30.5. The van der Waals surface area contributed by atoms with E-state index in [9.17, 15) is 23.1 Å². The highest BCUT2D eigenvalue weighted by atomic mass is 32.2. The van der Waals surface area contributed by atoms with Crippen molar-refractivity contribution in [3.05, 3.63) is 53.4 Å². The van der Waals surface area contributed by atoms with Gasteiger partial charge in [0.15, 0.2) is 10.9 Å². The Morgan fingerprint density at radius 3 is 2.81 bits per heavy atom. The smallest absolute Gasteiger partial charge is 0.293 e. The van der Waals surface area contributed by atoms with E-state index in [1.54, 1.807) is 11.4 Å². The Morgan fingerprint density at radius 2 is 2.10 bits per heavy atom. The summed E-state index contributed by atoms with van der Waals surface area (Å²) in [6.45, 7) is 0.353. The lowest BCUT2D eigenvalue weighted by Gasteiger charge is -2.18. The molecule has 0 saturated carbocycles. The number of rotatable bonds is 6. The maximum Gasteiger partial charge on any atom is 0.293 e. The number of anilines is 3. The first-order chi connectivity index (χ1) is 14.8. The van der Waals surface area contributed by atoms with Crippen LogP contribution in [0.1, 0.15) is 22.7 Å². The van der Waals surface area contributed by atoms with Crippen LogP contribution in [0, 0.1) is 0 Å². The Bertz CT molecular complexity index is 1220. The van der Waals surface area contributed by atoms with Crippen molar-refractivity contribution < 1.29 is 27.5 Å². The van der Waals surface area contributed by atoms with E-state index in [0.29, 0.717) is 29.5 Å². The highest BCUT2D eigenvalue weighted by molar-refractivity contribution is 7.93. The first kappa shape index (κ1) is 20.9. The van der Waals surface area contributed by atoms with Crippen molar-refractivity contribution in [1.82, 2.24) is 4.98 Å². The molecule has 1 aromatic carbocycles. The monoisotopic (exact) mass is 462 g/mol. The Hall–Kier alpha value is -3.38. The number of carbonyl (C=O) groups is 2. The van der Waals surface area contributed by atoms with Crippen LogP contribution in [0.3, 0.4) is 0 Å². The second kappa shape index (κ2) is 8.40. The van der Waals surface area contributed by atoms with Crippen LogP contribution in [0.25, 0.3) is 0 Å². The average molecular weight is 463 g/mol. The Morgan fingerprint density at radius 1 is 1.26 bits per heavy atom. The highest BCUT2D eigenvalue weighted by Gasteiger charge is 2.29. The summed E-state index contributed by atoms with van der Waals surface area (Å²) >= 11 is 1.16. The van der Waals surface area contributed by atoms with Gasteiger partial charge >= 0.3 is 0 Å². The third-order valence-electron chi connectivity index (χ3n) is 4.50. The minimum absolute atomic E-state index is 0.0676. The van der Waals surface area contributed by atoms with Gasteiger partial charge in [0.2, 0.25) is 15.9 Å². The van der Waals surface area contributed by atoms with Gasteiger partial charge in [-0.25, -0.2) is 13.4 Å². The van der Waals surface area contributed by atoms with Gasteiger partial charge in [0.25, 0.3) is 5.91 Å². The Kier molecular flexibility index (Phi) is 5.65. The predicted molar refractivity (Wildman–Crippen MR) is 115 cm³/mol. The SMILES string of the molecule is O=C(Cc1csc(NC(=O)c2ccco2)n1)Nc1cc(N2CCCS2(=O)=O)ccc1O. The lowest BCUT2D eigenvalue weighted by Crippen LogP contribution is -2.25. The molecule has 3 heterocycles. The number of aromatic hydroxyl groups is 1. The molecule has 0 unspecified atom stereocenters. The van der Waals surface area contributed by atoms with Gasteiger partial charge in [-0.15, -0.1) is 11.3 Å². The molecule has 0 aliphatic carbocycles. The summed E-state index contributed by atoms with van der Waals surface area (Å²) in [7, 11) is -3.38. The van der Waals surface area contributed by atoms with E-state index in [1.165, 1.54) is 34.8 Å². The first-order valence-electron chi connectivity index (χ1n) is 9.24. The van der Waals surface area contributed by atoms with E-state index in [1.807, 2.05) is 0 Å². The maximum absolute atomic E-state index is 12.4. The van der Waals surface area contributed by atoms with E-state index in [2.05, 4.69) is 15.6 Å². The summed E-state index contributed by atoms with van der Waals surface area (Å²) in [6, 6.07) is 7.36. The lowest BCUT2D eigenvalue weighted by molar-refractivity contribution is -0.115. The summed E-state index contributed by atoms with van der Waals surface area (Å²) in [6.07, 6.45) is 1.81. The van der Waals surface area contributed by atoms with Gasteiger partial charge in [0.1, 0.15) is 5.75 Å². The van der Waals surface area contributed by atoms with Crippen molar-refractivity contribution in [3.63, 3.8) is 0 Å². The van der Waals surface area contributed by atoms with Gasteiger partial charge in [-0.1, -0.05) is 0 Å². The number of hydrogen-bond donors (Lipinski definition) is 3. The number of phenols is 1. The molecule has 4 rings (SSSR count). The van der Waals surface area contributed by atoms with E-state index in [0.717, 1.165) is 11.3 Å². The molecule has 12 heteroatoms. The minimum Gasteiger partial charge on any atom is -0.506 e. The van der Waals surface area contributed by atoms with Gasteiger partial charge in [-0.2, -0.15) is 0 Å². The van der Waals surface area contributed by atoms with Crippen molar-refractivity contribution in [1.29, 1.82) is 0 Å². The van der Waals surface area contributed by atoms with Crippen molar-refractivity contribution in [3.8, 4) is 5.75 Å². The number of phenolic OH excluding ortho intramolecular Hbond substituents is 1. The number of furan rings is 1. The largest absolute Gasteiger partial charge is 0.506 e. The number of thiazole rings is 1. The van der Waals surface area contributed by atoms with E-state index >= 15 is 0 Å². The third-order valence-corrected chi connectivity index (χ3v) is 7.18. The maximum atomic E-state index is 12.4. The van der Waals surface area contributed by atoms with Crippen molar-refractivity contribution in [2.45, 2.75) is 12.8 Å². The van der Waals surface area contributed by atoms with Gasteiger partial charge < -0.3 is 14.8 Å². The normalized spacial score (nSPS) is 15.0. The molecule has 1 aliphatic heterocycles. The van der Waals surface area contributed by atoms with Crippen LogP contribution in [0.15, 0.2) is 46.4 Å². The van der Waals surface area contributed by atoms with Gasteiger partial charge in [-0.05, 0) is 36.8 Å². The molecule has 1 saturated heterocycles. The first-order valence-corrected chi connectivity index (χ1v) is 11.7. The van der Waals surface area contributed by atoms with Crippen LogP contribution in [-0.2, 0) is 21.2 Å². The summed E-state index contributed by atoms with van der Waals surface area (Å²) in [4.78, 5) is 28.6. The quantitative estimate of drug-likeness (QED) is 0.478. The molecule has 2 aromatic heterocycles. The minimum atomic E-state index is -3.38. The van der Waals surface area contributed by atoms with E-state index in [-0.39, 0.29) is 29.4 Å². The van der Waals surface area contributed by atoms with Gasteiger partial charge in [-0.3, -0.25) is 19.2 Å². The number of nitrogens with one attached hydrogen (secondary N) is 2. The summed E-state index contributed by atoms with van der Waals surface area (Å²) in [5.41, 5.74) is 0.906. The zero-order valence-corrected chi connectivity index (χ0v) is 17.7. The molecule has 1 fully saturated rings. The topological polar surface area (TPSA) is 142 Å². The third kappa shape index (κ3) is 4.70. The number of nitrogens with zero attached hydrogens (tertiary/aromatic N) is 2. The number of sulfonamides is 1. The molecular weight excluding hydrogens is 444 g/mol. The fourth-order valence-corrected chi connectivity index (χ4v) is 5.34. The van der Waals surface area contributed by atoms with Crippen LogP contribution >= 0.6 is 11.3 Å². The Balaban J connectivity index is 1.41. The zero-order chi connectivity index (χ0) is 22.0. The molecule has 0 radical (unpaired) electrons. The molecule has 162 valence electrons. The fourth-order valence-electron chi connectivity index (χ4n) is 3.08. The molecule has 10 nitrogen and oxygen atoms in total. The summed E-state index contributed by atoms with van der Waals surface area (Å²) in [5.74, 6) is -0.874. The number of amides is 2. The number of hydrogen-bond acceptors (Lipinski definition) is 8. The molecule has 0 bridgehead atoms. The average Bonchev–Trinajstić information content (AvgIpc) is 3.45. The van der Waals surface area contributed by atoms with E-state index < -0.39 is 21.8 Å². The molecule has 31 heavy (non-hydrogen) atoms. The predicted octanol–water partition coefficient (Wildman–Crippen LogP) is 2.42. The van der Waals surface area contributed by atoms with Crippen molar-refractivity contribution >= 4 is 49.7 Å². The van der Waals surface area contributed by atoms with Crippen molar-refractivity contribution in [2.24, 2.45) is 0 Å². The summed E-state index contributed by atoms with van der Waals surface area (Å²) in [5, 5.41) is 17.2. The number of carbonyl (C=O) groups excluding carboxylic acids is 2. The highest BCUT2D eigenvalue weighted by Crippen LogP contribution is 2.32. The van der Waals surface area contributed by atoms with Crippen LogP contribution in [0.5, 0.6) is 5.75 Å². The van der Waals surface area contributed by atoms with Crippen LogP contribution in [0.4, 0.5) is 16.5 Å². The zero-order valence-electron chi connectivity index (χ0n) is 16.1. The van der Waals surface area contributed by atoms with Gasteiger partial charge in [0, 0.05) is 11.9 Å². The Labute approximate surface area is 181 Å². The van der Waals surface area contributed by atoms with Crippen LogP contribution in [0.2, 0.25) is 0 Å². The molecule has 0 spiro atoms. The molecule has 0 atom stereocenters. The lowest BCUT2D eigenvalue weighted by atomic mass is 10.2. The molecule has 2 amide bonds. The van der Waals surface area contributed by atoms with Crippen molar-refractivity contribution in [2.75, 3.05) is 27.2 Å². The molecule has 3 N–H and O–H groups in total. The standard InChI is InChI=1S/C19H18N4O6S2/c24-15-5-4-13(23-6-2-8-31(23,27)28)10-14(15)21-17(25)9-12-11-30-19(20-12)22-18(26)16-3-1-7-29-16/h1,3-5,7,10-11,24H,2,6,8-9H2,(H,21,25)(H,20,22,26). The molecule has 3 aromatic rings.